The summed E-state index contributed by atoms with van der Waals surface area (Å²) in [6.45, 7) is 0.971. The monoisotopic (exact) mass is 521 g/mol. The van der Waals surface area contributed by atoms with Crippen molar-refractivity contribution in [1.82, 2.24) is 15.1 Å². The fraction of sp³-hybridized carbons (Fsp3) is 0.333. The average molecular weight is 522 g/mol. The van der Waals surface area contributed by atoms with Crippen LogP contribution in [0.2, 0.25) is 0 Å². The molecule has 1 N–H and O–H groups in total. The molecule has 0 spiro atoms. The Balaban J connectivity index is 1.29. The quantitative estimate of drug-likeness (QED) is 0.354. The lowest BCUT2D eigenvalue weighted by atomic mass is 10.1. The lowest BCUT2D eigenvalue weighted by Crippen LogP contribution is -2.25. The number of rotatable bonds is 9. The smallest absolute Gasteiger partial charge is 0.435 e. The van der Waals surface area contributed by atoms with Gasteiger partial charge < -0.3 is 10.1 Å². The lowest BCUT2D eigenvalue weighted by molar-refractivity contribution is -0.141. The lowest BCUT2D eigenvalue weighted by Gasteiger charge is -2.10. The highest BCUT2D eigenvalue weighted by Crippen LogP contribution is 2.42. The molecule has 0 atom stereocenters. The van der Waals surface area contributed by atoms with Gasteiger partial charge in [0.25, 0.3) is 5.91 Å². The molecule has 1 aliphatic carbocycles. The number of hydrogen-bond acceptors (Lipinski definition) is 3. The predicted octanol–water partition coefficient (Wildman–Crippen LogP) is 5.94. The number of alkyl halides is 3. The standard InChI is InChI=1S/C24H23BrF3N3O2/c25-19-7-1-2-8-21(19)33-15-16-5-3-6-18(13-16)23(32)29-11-4-12-31-20(17-9-10-17)14-22(30-31)24(26,27)28/h1-3,5-8,13-14,17H,4,9-12,15H2,(H,29,32). The Hall–Kier alpha value is -2.81. The molecule has 0 bridgehead atoms. The van der Waals surface area contributed by atoms with Crippen molar-refractivity contribution in [2.45, 2.75) is 44.5 Å². The first kappa shape index (κ1) is 23.4. The predicted molar refractivity (Wildman–Crippen MR) is 121 cm³/mol. The number of ether oxygens (including phenoxy) is 1. The summed E-state index contributed by atoms with van der Waals surface area (Å²) in [5.74, 6) is 0.631. The summed E-state index contributed by atoms with van der Waals surface area (Å²) in [6, 6.07) is 15.8. The Kier molecular flexibility index (Phi) is 7.07. The van der Waals surface area contributed by atoms with Crippen LogP contribution in [0.4, 0.5) is 13.2 Å². The SMILES string of the molecule is O=C(NCCCn1nc(C(F)(F)F)cc1C1CC1)c1cccc(COc2ccccc2Br)c1. The summed E-state index contributed by atoms with van der Waals surface area (Å²) < 4.78 is 47.1. The van der Waals surface area contributed by atoms with Crippen LogP contribution in [0.25, 0.3) is 0 Å². The van der Waals surface area contributed by atoms with Crippen LogP contribution in [0.5, 0.6) is 5.75 Å². The first-order chi connectivity index (χ1) is 15.8. The van der Waals surface area contributed by atoms with Crippen molar-refractivity contribution >= 4 is 21.8 Å². The van der Waals surface area contributed by atoms with Gasteiger partial charge in [0.1, 0.15) is 12.4 Å². The maximum atomic E-state index is 13.0. The molecule has 2 aromatic carbocycles. The van der Waals surface area contributed by atoms with Gasteiger partial charge in [-0.2, -0.15) is 18.3 Å². The minimum atomic E-state index is -4.45. The summed E-state index contributed by atoms with van der Waals surface area (Å²) in [5, 5.41) is 6.57. The van der Waals surface area contributed by atoms with E-state index in [1.54, 1.807) is 18.2 Å². The number of carbonyl (C=O) groups is 1. The highest BCUT2D eigenvalue weighted by molar-refractivity contribution is 9.10. The van der Waals surface area contributed by atoms with Gasteiger partial charge in [-0.15, -0.1) is 0 Å². The van der Waals surface area contributed by atoms with Crippen LogP contribution in [0.3, 0.4) is 0 Å². The van der Waals surface area contributed by atoms with E-state index in [2.05, 4.69) is 26.3 Å². The zero-order valence-electron chi connectivity index (χ0n) is 17.7. The molecule has 3 aromatic rings. The number of hydrogen-bond donors (Lipinski definition) is 1. The highest BCUT2D eigenvalue weighted by Gasteiger charge is 2.37. The van der Waals surface area contributed by atoms with Gasteiger partial charge in [-0.05, 0) is 71.1 Å². The largest absolute Gasteiger partial charge is 0.488 e. The number of benzene rings is 2. The number of halogens is 4. The van der Waals surface area contributed by atoms with E-state index in [1.807, 2.05) is 30.3 Å². The molecule has 0 radical (unpaired) electrons. The van der Waals surface area contributed by atoms with Crippen molar-refractivity contribution in [3.8, 4) is 5.75 Å². The summed E-state index contributed by atoms with van der Waals surface area (Å²) >= 11 is 3.44. The first-order valence-corrected chi connectivity index (χ1v) is 11.5. The number of aromatic nitrogens is 2. The molecular formula is C24H23BrF3N3O2. The Morgan fingerprint density at radius 3 is 2.67 bits per heavy atom. The highest BCUT2D eigenvalue weighted by atomic mass is 79.9. The molecule has 0 aliphatic heterocycles. The molecule has 1 fully saturated rings. The second-order valence-corrected chi connectivity index (χ2v) is 8.83. The summed E-state index contributed by atoms with van der Waals surface area (Å²) in [5.41, 5.74) is 1.13. The molecule has 1 amide bonds. The van der Waals surface area contributed by atoms with E-state index < -0.39 is 11.9 Å². The number of para-hydroxylation sites is 1. The number of nitrogens with one attached hydrogen (secondary N) is 1. The Bertz CT molecular complexity index is 1130. The second-order valence-electron chi connectivity index (χ2n) is 7.98. The molecule has 33 heavy (non-hydrogen) atoms. The van der Waals surface area contributed by atoms with Gasteiger partial charge in [-0.3, -0.25) is 9.48 Å². The molecule has 4 rings (SSSR count). The van der Waals surface area contributed by atoms with Crippen molar-refractivity contribution in [2.24, 2.45) is 0 Å². The maximum Gasteiger partial charge on any atom is 0.435 e. The van der Waals surface area contributed by atoms with Gasteiger partial charge in [0.15, 0.2) is 5.69 Å². The van der Waals surface area contributed by atoms with Crippen molar-refractivity contribution in [3.63, 3.8) is 0 Å². The van der Waals surface area contributed by atoms with Crippen molar-refractivity contribution in [3.05, 3.63) is 81.6 Å². The minimum Gasteiger partial charge on any atom is -0.488 e. The molecule has 0 unspecified atom stereocenters. The third-order valence-electron chi connectivity index (χ3n) is 5.35. The molecular weight excluding hydrogens is 499 g/mol. The van der Waals surface area contributed by atoms with E-state index in [1.165, 1.54) is 4.68 Å². The Morgan fingerprint density at radius 1 is 1.15 bits per heavy atom. The Morgan fingerprint density at radius 2 is 1.94 bits per heavy atom. The molecule has 5 nitrogen and oxygen atoms in total. The van der Waals surface area contributed by atoms with E-state index >= 15 is 0 Å². The average Bonchev–Trinajstić information content (AvgIpc) is 3.54. The molecule has 0 saturated heterocycles. The normalized spacial score (nSPS) is 13.7. The number of carbonyl (C=O) groups excluding carboxylic acids is 1. The van der Waals surface area contributed by atoms with Crippen LogP contribution < -0.4 is 10.1 Å². The molecule has 1 heterocycles. The van der Waals surface area contributed by atoms with Crippen LogP contribution in [0.15, 0.2) is 59.1 Å². The van der Waals surface area contributed by atoms with Crippen molar-refractivity contribution < 1.29 is 22.7 Å². The zero-order chi connectivity index (χ0) is 23.4. The first-order valence-electron chi connectivity index (χ1n) is 10.7. The third-order valence-corrected chi connectivity index (χ3v) is 6.00. The molecule has 1 aliphatic rings. The number of aryl methyl sites for hydroxylation is 1. The fourth-order valence-electron chi connectivity index (χ4n) is 3.51. The van der Waals surface area contributed by atoms with Gasteiger partial charge >= 0.3 is 6.18 Å². The minimum absolute atomic E-state index is 0.157. The van der Waals surface area contributed by atoms with Crippen molar-refractivity contribution in [1.29, 1.82) is 0 Å². The topological polar surface area (TPSA) is 56.2 Å². The summed E-state index contributed by atoms with van der Waals surface area (Å²) in [7, 11) is 0. The number of nitrogens with zero attached hydrogens (tertiary/aromatic N) is 2. The van der Waals surface area contributed by atoms with Crippen LogP contribution in [-0.2, 0) is 19.3 Å². The van der Waals surface area contributed by atoms with Crippen molar-refractivity contribution in [2.75, 3.05) is 6.54 Å². The molecule has 174 valence electrons. The van der Waals surface area contributed by atoms with E-state index in [4.69, 9.17) is 4.74 Å². The van der Waals surface area contributed by atoms with E-state index in [0.29, 0.717) is 43.1 Å². The Labute approximate surface area is 198 Å². The van der Waals surface area contributed by atoms with E-state index in [0.717, 1.165) is 28.9 Å². The fourth-order valence-corrected chi connectivity index (χ4v) is 3.91. The molecule has 1 saturated carbocycles. The van der Waals surface area contributed by atoms with Gasteiger partial charge in [0.2, 0.25) is 0 Å². The number of amides is 1. The van der Waals surface area contributed by atoms with Gasteiger partial charge in [0.05, 0.1) is 4.47 Å². The van der Waals surface area contributed by atoms with E-state index in [-0.39, 0.29) is 11.8 Å². The summed E-state index contributed by atoms with van der Waals surface area (Å²) in [4.78, 5) is 12.5. The third kappa shape index (κ3) is 6.16. The van der Waals surface area contributed by atoms with Gasteiger partial charge in [-0.1, -0.05) is 24.3 Å². The van der Waals surface area contributed by atoms with Crippen LogP contribution in [0.1, 0.15) is 52.5 Å². The van der Waals surface area contributed by atoms with Gasteiger partial charge in [-0.25, -0.2) is 0 Å². The zero-order valence-corrected chi connectivity index (χ0v) is 19.3. The van der Waals surface area contributed by atoms with E-state index in [9.17, 15) is 18.0 Å². The summed E-state index contributed by atoms with van der Waals surface area (Å²) in [6.07, 6.45) is -2.19. The van der Waals surface area contributed by atoms with Crippen LogP contribution >= 0.6 is 15.9 Å². The van der Waals surface area contributed by atoms with Crippen LogP contribution in [-0.4, -0.2) is 22.2 Å². The van der Waals surface area contributed by atoms with Gasteiger partial charge in [0, 0.05) is 30.3 Å². The molecule has 1 aromatic heterocycles. The maximum absolute atomic E-state index is 13.0. The molecule has 9 heteroatoms. The van der Waals surface area contributed by atoms with Crippen LogP contribution in [0, 0.1) is 0 Å². The second kappa shape index (κ2) is 9.99.